The summed E-state index contributed by atoms with van der Waals surface area (Å²) < 4.78 is 7.13. The van der Waals surface area contributed by atoms with Crippen LogP contribution < -0.4 is 5.32 Å². The fourth-order valence-corrected chi connectivity index (χ4v) is 6.47. The van der Waals surface area contributed by atoms with Crippen molar-refractivity contribution in [2.75, 3.05) is 5.75 Å². The van der Waals surface area contributed by atoms with Crippen molar-refractivity contribution in [3.05, 3.63) is 117 Å². The van der Waals surface area contributed by atoms with Gasteiger partial charge in [-0.25, -0.2) is 5.01 Å². The molecule has 1 atom stereocenters. The number of hydrogen-bond donors (Lipinski definition) is 1. The van der Waals surface area contributed by atoms with E-state index < -0.39 is 0 Å². The number of nitrogens with one attached hydrogen (secondary N) is 1. The topological polar surface area (TPSA) is 106 Å². The molecule has 0 fully saturated rings. The quantitative estimate of drug-likeness (QED) is 0.198. The van der Waals surface area contributed by atoms with Crippen LogP contribution in [0, 0.1) is 20.8 Å². The second kappa shape index (κ2) is 12.4. The number of thioether (sulfide) groups is 1. The van der Waals surface area contributed by atoms with Crippen LogP contribution in [0.25, 0.3) is 5.69 Å². The lowest BCUT2D eigenvalue weighted by atomic mass is 10.00. The molecule has 0 saturated carbocycles. The summed E-state index contributed by atoms with van der Waals surface area (Å²) >= 11 is 2.93. The predicted molar refractivity (Wildman–Crippen MR) is 168 cm³/mol. The first-order valence-electron chi connectivity index (χ1n) is 13.8. The molecule has 0 radical (unpaired) electrons. The molecule has 4 heterocycles. The van der Waals surface area contributed by atoms with Crippen molar-refractivity contribution < 1.29 is 14.0 Å². The SMILES string of the molecule is Cc1ccc([C@@H]2CC(c3cccs3)=NN2C(=O)CSc2nnc(CNC(=O)c3ccco3)n2-c2cc(C)ccc2C)cc1. The first-order chi connectivity index (χ1) is 20.9. The number of amides is 2. The maximum Gasteiger partial charge on any atom is 0.287 e. The maximum absolute atomic E-state index is 13.8. The third-order valence-electron chi connectivity index (χ3n) is 7.22. The summed E-state index contributed by atoms with van der Waals surface area (Å²) in [5, 5.41) is 20.7. The van der Waals surface area contributed by atoms with E-state index in [0.717, 1.165) is 38.5 Å². The lowest BCUT2D eigenvalue weighted by Gasteiger charge is -2.22. The molecule has 6 rings (SSSR count). The minimum Gasteiger partial charge on any atom is -0.459 e. The van der Waals surface area contributed by atoms with Crippen molar-refractivity contribution in [3.63, 3.8) is 0 Å². The standard InChI is InChI=1S/C32H30N6O3S2/c1-20-9-12-23(13-10-20)26-17-24(28-7-5-15-42-28)36-38(26)30(39)19-43-32-35-34-29(18-33-31(40)27-6-4-14-41-27)37(32)25-16-21(2)8-11-22(25)3/h4-16,26H,17-19H2,1-3H3,(H,33,40)/t26-/m0/s1. The number of carbonyl (C=O) groups is 2. The van der Waals surface area contributed by atoms with Crippen LogP contribution in [0.5, 0.6) is 0 Å². The van der Waals surface area contributed by atoms with Crippen molar-refractivity contribution in [1.29, 1.82) is 0 Å². The number of thiophene rings is 1. The Kier molecular flexibility index (Phi) is 8.26. The van der Waals surface area contributed by atoms with Gasteiger partial charge in [0, 0.05) is 6.42 Å². The second-order valence-electron chi connectivity index (χ2n) is 10.4. The van der Waals surface area contributed by atoms with Crippen LogP contribution in [0.1, 0.15) is 56.0 Å². The zero-order valence-electron chi connectivity index (χ0n) is 24.0. The van der Waals surface area contributed by atoms with Crippen LogP contribution >= 0.6 is 23.1 Å². The van der Waals surface area contributed by atoms with Crippen LogP contribution in [0.15, 0.2) is 93.0 Å². The van der Waals surface area contributed by atoms with Crippen LogP contribution in [0.4, 0.5) is 0 Å². The van der Waals surface area contributed by atoms with E-state index in [1.54, 1.807) is 28.5 Å². The minimum absolute atomic E-state index is 0.116. The van der Waals surface area contributed by atoms with Gasteiger partial charge in [0.15, 0.2) is 16.7 Å². The number of carbonyl (C=O) groups excluding carboxylic acids is 2. The zero-order chi connectivity index (χ0) is 29.9. The summed E-state index contributed by atoms with van der Waals surface area (Å²) in [7, 11) is 0. The van der Waals surface area contributed by atoms with Crippen LogP contribution in [0.3, 0.4) is 0 Å². The van der Waals surface area contributed by atoms with Gasteiger partial charge < -0.3 is 9.73 Å². The number of nitrogens with zero attached hydrogens (tertiary/aromatic N) is 5. The number of benzene rings is 2. The molecule has 9 nitrogen and oxygen atoms in total. The molecule has 0 saturated heterocycles. The Morgan fingerprint density at radius 1 is 1.02 bits per heavy atom. The lowest BCUT2D eigenvalue weighted by molar-refractivity contribution is -0.130. The van der Waals surface area contributed by atoms with Crippen molar-refractivity contribution in [2.24, 2.45) is 5.10 Å². The molecule has 11 heteroatoms. The molecule has 1 aliphatic rings. The van der Waals surface area contributed by atoms with Gasteiger partial charge in [0.1, 0.15) is 0 Å². The molecule has 1 N–H and O–H groups in total. The first-order valence-corrected chi connectivity index (χ1v) is 15.7. The molecule has 0 aliphatic carbocycles. The number of aryl methyl sites for hydroxylation is 3. The third kappa shape index (κ3) is 6.18. The van der Waals surface area contributed by atoms with Gasteiger partial charge in [0.2, 0.25) is 0 Å². The molecule has 5 aromatic rings. The molecular weight excluding hydrogens is 581 g/mol. The van der Waals surface area contributed by atoms with E-state index >= 15 is 0 Å². The molecule has 0 unspecified atom stereocenters. The van der Waals surface area contributed by atoms with E-state index in [1.807, 2.05) is 61.1 Å². The molecule has 43 heavy (non-hydrogen) atoms. The Hall–Kier alpha value is -4.48. The van der Waals surface area contributed by atoms with E-state index in [0.29, 0.717) is 17.4 Å². The number of aromatic nitrogens is 3. The summed E-state index contributed by atoms with van der Waals surface area (Å²) in [5.41, 5.74) is 6.09. The van der Waals surface area contributed by atoms with Gasteiger partial charge in [0.05, 0.1) is 40.9 Å². The molecule has 1 aliphatic heterocycles. The minimum atomic E-state index is -0.347. The number of hydrogen-bond acceptors (Lipinski definition) is 8. The Labute approximate surface area is 257 Å². The molecule has 0 spiro atoms. The van der Waals surface area contributed by atoms with Crippen molar-refractivity contribution in [1.82, 2.24) is 25.1 Å². The summed E-state index contributed by atoms with van der Waals surface area (Å²) in [5.74, 6) is 0.408. The van der Waals surface area contributed by atoms with Gasteiger partial charge >= 0.3 is 0 Å². The highest BCUT2D eigenvalue weighted by atomic mass is 32.2. The molecule has 218 valence electrons. The average molecular weight is 611 g/mol. The fourth-order valence-electron chi connectivity index (χ4n) is 4.94. The molecular formula is C32H30N6O3S2. The van der Waals surface area contributed by atoms with Crippen molar-refractivity contribution >= 4 is 40.6 Å². The van der Waals surface area contributed by atoms with E-state index in [9.17, 15) is 9.59 Å². The van der Waals surface area contributed by atoms with Gasteiger partial charge in [0.25, 0.3) is 11.8 Å². The number of furan rings is 1. The van der Waals surface area contributed by atoms with Crippen LogP contribution in [-0.4, -0.2) is 43.1 Å². The van der Waals surface area contributed by atoms with Gasteiger partial charge in [-0.1, -0.05) is 59.8 Å². The van der Waals surface area contributed by atoms with Gasteiger partial charge in [-0.3, -0.25) is 14.2 Å². The van der Waals surface area contributed by atoms with Crippen LogP contribution in [0.2, 0.25) is 0 Å². The number of rotatable bonds is 9. The Balaban J connectivity index is 1.26. The zero-order valence-corrected chi connectivity index (χ0v) is 25.6. The monoisotopic (exact) mass is 610 g/mol. The van der Waals surface area contributed by atoms with Crippen molar-refractivity contribution in [2.45, 2.75) is 44.9 Å². The fraction of sp³-hybridized carbons (Fsp3) is 0.219. The molecule has 2 aromatic carbocycles. The second-order valence-corrected chi connectivity index (χ2v) is 12.3. The van der Waals surface area contributed by atoms with Crippen molar-refractivity contribution in [3.8, 4) is 5.69 Å². The van der Waals surface area contributed by atoms with E-state index in [1.165, 1.54) is 18.0 Å². The van der Waals surface area contributed by atoms with E-state index in [4.69, 9.17) is 9.52 Å². The largest absolute Gasteiger partial charge is 0.459 e. The Bertz CT molecular complexity index is 1780. The summed E-state index contributed by atoms with van der Waals surface area (Å²) in [6.45, 7) is 6.21. The Morgan fingerprint density at radius 2 is 1.84 bits per heavy atom. The first kappa shape index (κ1) is 28.6. The van der Waals surface area contributed by atoms with Gasteiger partial charge in [-0.15, -0.1) is 21.5 Å². The lowest BCUT2D eigenvalue weighted by Crippen LogP contribution is -2.28. The van der Waals surface area contributed by atoms with Gasteiger partial charge in [-0.05, 0) is 67.1 Å². The molecule has 2 amide bonds. The number of hydrazone groups is 1. The highest BCUT2D eigenvalue weighted by Gasteiger charge is 2.33. The summed E-state index contributed by atoms with van der Waals surface area (Å²) in [6.07, 6.45) is 2.11. The third-order valence-corrected chi connectivity index (χ3v) is 9.05. The van der Waals surface area contributed by atoms with Gasteiger partial charge in [-0.2, -0.15) is 5.10 Å². The normalized spacial score (nSPS) is 14.6. The van der Waals surface area contributed by atoms with E-state index in [-0.39, 0.29) is 35.9 Å². The summed E-state index contributed by atoms with van der Waals surface area (Å²) in [4.78, 5) is 27.4. The average Bonchev–Trinajstić information content (AvgIpc) is 3.83. The molecule has 0 bridgehead atoms. The van der Waals surface area contributed by atoms with Crippen LogP contribution in [-0.2, 0) is 11.3 Å². The molecule has 3 aromatic heterocycles. The Morgan fingerprint density at radius 3 is 2.58 bits per heavy atom. The highest BCUT2D eigenvalue weighted by molar-refractivity contribution is 7.99. The maximum atomic E-state index is 13.8. The smallest absolute Gasteiger partial charge is 0.287 e. The predicted octanol–water partition coefficient (Wildman–Crippen LogP) is 6.25. The highest BCUT2D eigenvalue weighted by Crippen LogP contribution is 2.35. The summed E-state index contributed by atoms with van der Waals surface area (Å²) in [6, 6.07) is 21.5. The van der Waals surface area contributed by atoms with E-state index in [2.05, 4.69) is 39.8 Å².